The molecule has 0 saturated carbocycles. The van der Waals surface area contributed by atoms with Gasteiger partial charge in [-0.2, -0.15) is 0 Å². The summed E-state index contributed by atoms with van der Waals surface area (Å²) in [5.41, 5.74) is 1.81. The van der Waals surface area contributed by atoms with Gasteiger partial charge in [0.2, 0.25) is 0 Å². The highest BCUT2D eigenvalue weighted by atomic mass is 35.5. The maximum atomic E-state index is 5.94. The zero-order valence-electron chi connectivity index (χ0n) is 9.53. The van der Waals surface area contributed by atoms with E-state index in [0.29, 0.717) is 6.61 Å². The lowest BCUT2D eigenvalue weighted by atomic mass is 10.2. The third-order valence-electron chi connectivity index (χ3n) is 2.29. The first-order valence-corrected chi connectivity index (χ1v) is 6.24. The number of hydrogen-bond acceptors (Lipinski definition) is 5. The van der Waals surface area contributed by atoms with Crippen molar-refractivity contribution >= 4 is 28.1 Å². The van der Waals surface area contributed by atoms with Gasteiger partial charge in [0, 0.05) is 23.6 Å². The van der Waals surface area contributed by atoms with Gasteiger partial charge in [0.15, 0.2) is 0 Å². The van der Waals surface area contributed by atoms with Crippen molar-refractivity contribution < 1.29 is 4.74 Å². The van der Waals surface area contributed by atoms with Crippen molar-refractivity contribution in [3.63, 3.8) is 0 Å². The maximum absolute atomic E-state index is 5.94. The first-order chi connectivity index (χ1) is 8.20. The minimum Gasteiger partial charge on any atom is -0.487 e. The van der Waals surface area contributed by atoms with Gasteiger partial charge in [-0.3, -0.25) is 0 Å². The van der Waals surface area contributed by atoms with Gasteiger partial charge in [-0.05, 0) is 30.7 Å². The normalized spacial score (nSPS) is 10.3. The summed E-state index contributed by atoms with van der Waals surface area (Å²) in [6.45, 7) is 2.34. The van der Waals surface area contributed by atoms with Crippen molar-refractivity contribution in [2.75, 3.05) is 12.4 Å². The number of halogens is 1. The van der Waals surface area contributed by atoms with Crippen LogP contribution in [0.25, 0.3) is 0 Å². The van der Waals surface area contributed by atoms with E-state index in [1.807, 2.05) is 32.2 Å². The Morgan fingerprint density at radius 3 is 3.00 bits per heavy atom. The third-order valence-corrected chi connectivity index (χ3v) is 3.50. The van der Waals surface area contributed by atoms with Crippen molar-refractivity contribution in [1.29, 1.82) is 0 Å². The van der Waals surface area contributed by atoms with Gasteiger partial charge in [0.25, 0.3) is 0 Å². The molecule has 1 aromatic carbocycles. The Bertz CT molecular complexity index is 515. The number of nitrogens with zero attached hydrogens (tertiary/aromatic N) is 2. The van der Waals surface area contributed by atoms with Gasteiger partial charge in [0.05, 0.1) is 0 Å². The van der Waals surface area contributed by atoms with Crippen molar-refractivity contribution in [3.05, 3.63) is 34.5 Å². The van der Waals surface area contributed by atoms with Crippen LogP contribution in [0.1, 0.15) is 11.3 Å². The molecule has 17 heavy (non-hydrogen) atoms. The van der Waals surface area contributed by atoms with Crippen LogP contribution in [0, 0.1) is 6.92 Å². The lowest BCUT2D eigenvalue weighted by Gasteiger charge is -2.06. The molecule has 0 fully saturated rings. The van der Waals surface area contributed by atoms with Crippen LogP contribution in [0.15, 0.2) is 18.2 Å². The number of hydrogen-bond donors (Lipinski definition) is 1. The Labute approximate surface area is 109 Å². The summed E-state index contributed by atoms with van der Waals surface area (Å²) in [5, 5.41) is 8.69. The molecule has 0 saturated heterocycles. The Balaban J connectivity index is 2.05. The van der Waals surface area contributed by atoms with E-state index in [-0.39, 0.29) is 0 Å². The van der Waals surface area contributed by atoms with Crippen LogP contribution in [-0.4, -0.2) is 16.6 Å². The minimum absolute atomic E-state index is 0.397. The van der Waals surface area contributed by atoms with Crippen LogP contribution in [-0.2, 0) is 6.61 Å². The zero-order chi connectivity index (χ0) is 12.3. The van der Waals surface area contributed by atoms with Crippen LogP contribution in [0.3, 0.4) is 0 Å². The molecule has 0 amide bonds. The van der Waals surface area contributed by atoms with Gasteiger partial charge >= 0.3 is 0 Å². The highest BCUT2D eigenvalue weighted by Crippen LogP contribution is 2.23. The van der Waals surface area contributed by atoms with Crippen LogP contribution < -0.4 is 10.1 Å². The highest BCUT2D eigenvalue weighted by Gasteiger charge is 2.07. The summed E-state index contributed by atoms with van der Waals surface area (Å²) in [4.78, 5) is 0. The summed E-state index contributed by atoms with van der Waals surface area (Å²) in [6, 6.07) is 5.57. The predicted molar refractivity (Wildman–Crippen MR) is 70.0 cm³/mol. The van der Waals surface area contributed by atoms with Crippen molar-refractivity contribution in [3.8, 4) is 5.75 Å². The van der Waals surface area contributed by atoms with Gasteiger partial charge in [-0.15, -0.1) is 5.10 Å². The molecule has 2 rings (SSSR count). The Hall–Kier alpha value is -1.33. The summed E-state index contributed by atoms with van der Waals surface area (Å²) in [7, 11) is 1.84. The fourth-order valence-corrected chi connectivity index (χ4v) is 1.99. The number of nitrogens with one attached hydrogen (secondary N) is 1. The molecule has 90 valence electrons. The molecule has 1 aromatic heterocycles. The van der Waals surface area contributed by atoms with Crippen LogP contribution >= 0.6 is 23.1 Å². The van der Waals surface area contributed by atoms with E-state index >= 15 is 0 Å². The Kier molecular flexibility index (Phi) is 3.81. The molecule has 0 aliphatic rings. The Morgan fingerprint density at radius 1 is 1.47 bits per heavy atom. The molecule has 0 spiro atoms. The summed E-state index contributed by atoms with van der Waals surface area (Å²) in [5.74, 6) is 0.780. The average molecular weight is 270 g/mol. The number of ether oxygens (including phenoxy) is 1. The second-order valence-electron chi connectivity index (χ2n) is 3.50. The molecular weight excluding hydrogens is 258 g/mol. The molecule has 0 aliphatic carbocycles. The summed E-state index contributed by atoms with van der Waals surface area (Å²) in [6.07, 6.45) is 0. The fourth-order valence-electron chi connectivity index (χ4n) is 1.35. The van der Waals surface area contributed by atoms with E-state index in [9.17, 15) is 0 Å². The maximum Gasteiger partial charge on any atom is 0.136 e. The second-order valence-corrected chi connectivity index (χ2v) is 4.66. The largest absolute Gasteiger partial charge is 0.487 e. The van der Waals surface area contributed by atoms with E-state index in [0.717, 1.165) is 27.0 Å². The second kappa shape index (κ2) is 5.33. The average Bonchev–Trinajstić information content (AvgIpc) is 2.78. The molecule has 1 N–H and O–H groups in total. The molecule has 0 bridgehead atoms. The number of benzene rings is 1. The molecule has 0 radical (unpaired) electrons. The van der Waals surface area contributed by atoms with Crippen LogP contribution in [0.4, 0.5) is 5.00 Å². The van der Waals surface area contributed by atoms with E-state index in [4.69, 9.17) is 16.3 Å². The molecule has 6 heteroatoms. The number of anilines is 1. The lowest BCUT2D eigenvalue weighted by molar-refractivity contribution is 0.301. The molecule has 0 atom stereocenters. The molecule has 4 nitrogen and oxygen atoms in total. The fraction of sp³-hybridized carbons (Fsp3) is 0.273. The molecule has 1 heterocycles. The van der Waals surface area contributed by atoms with Crippen molar-refractivity contribution in [1.82, 2.24) is 9.59 Å². The lowest BCUT2D eigenvalue weighted by Crippen LogP contribution is -1.99. The van der Waals surface area contributed by atoms with E-state index in [1.54, 1.807) is 0 Å². The van der Waals surface area contributed by atoms with E-state index in [2.05, 4.69) is 14.9 Å². The van der Waals surface area contributed by atoms with E-state index in [1.165, 1.54) is 11.5 Å². The topological polar surface area (TPSA) is 47.0 Å². The predicted octanol–water partition coefficient (Wildman–Crippen LogP) is 3.12. The van der Waals surface area contributed by atoms with E-state index < -0.39 is 0 Å². The smallest absolute Gasteiger partial charge is 0.136 e. The third kappa shape index (κ3) is 2.87. The molecule has 0 unspecified atom stereocenters. The molecule has 2 aromatic rings. The van der Waals surface area contributed by atoms with Crippen LogP contribution in [0.5, 0.6) is 5.75 Å². The van der Waals surface area contributed by atoms with Crippen molar-refractivity contribution in [2.45, 2.75) is 13.5 Å². The standard InChI is InChI=1S/C11H12ClN3OS/c1-7-5-8(3-4-9(7)12)16-6-10-11(13-2)17-15-14-10/h3-5,13H,6H2,1-2H3. The molecular formula is C11H12ClN3OS. The van der Waals surface area contributed by atoms with Crippen molar-refractivity contribution in [2.24, 2.45) is 0 Å². The van der Waals surface area contributed by atoms with Gasteiger partial charge in [0.1, 0.15) is 23.1 Å². The quantitative estimate of drug-likeness (QED) is 0.926. The summed E-state index contributed by atoms with van der Waals surface area (Å²) < 4.78 is 9.50. The number of aromatic nitrogens is 2. The molecule has 0 aliphatic heterocycles. The highest BCUT2D eigenvalue weighted by molar-refractivity contribution is 7.10. The number of aryl methyl sites for hydroxylation is 1. The summed E-state index contributed by atoms with van der Waals surface area (Å²) >= 11 is 7.26. The number of rotatable bonds is 4. The van der Waals surface area contributed by atoms with Gasteiger partial charge < -0.3 is 10.1 Å². The van der Waals surface area contributed by atoms with Gasteiger partial charge in [-0.25, -0.2) is 0 Å². The minimum atomic E-state index is 0.397. The van der Waals surface area contributed by atoms with Gasteiger partial charge in [-0.1, -0.05) is 16.1 Å². The first kappa shape index (κ1) is 12.1. The SMILES string of the molecule is CNc1snnc1COc1ccc(Cl)c(C)c1. The zero-order valence-corrected chi connectivity index (χ0v) is 11.1. The Morgan fingerprint density at radius 2 is 2.29 bits per heavy atom. The first-order valence-electron chi connectivity index (χ1n) is 5.08. The monoisotopic (exact) mass is 269 g/mol. The van der Waals surface area contributed by atoms with Crippen LogP contribution in [0.2, 0.25) is 5.02 Å².